The van der Waals surface area contributed by atoms with Crippen LogP contribution in [0.4, 0.5) is 5.82 Å². The van der Waals surface area contributed by atoms with Crippen molar-refractivity contribution in [1.82, 2.24) is 14.9 Å². The molecule has 104 valence electrons. The van der Waals surface area contributed by atoms with E-state index in [0.29, 0.717) is 18.1 Å². The van der Waals surface area contributed by atoms with Crippen molar-refractivity contribution in [3.05, 3.63) is 53.5 Å². The van der Waals surface area contributed by atoms with Crippen molar-refractivity contribution in [3.8, 4) is 0 Å². The summed E-state index contributed by atoms with van der Waals surface area (Å²) in [4.78, 5) is 21.8. The predicted octanol–water partition coefficient (Wildman–Crippen LogP) is 1.34. The second-order valence-electron chi connectivity index (χ2n) is 4.58. The van der Waals surface area contributed by atoms with Gasteiger partial charge in [-0.05, 0) is 12.5 Å². The lowest BCUT2D eigenvalue weighted by atomic mass is 10.1. The van der Waals surface area contributed by atoms with Gasteiger partial charge >= 0.3 is 0 Å². The number of hydrogen-bond donors (Lipinski definition) is 2. The number of aromatic nitrogens is 2. The topological polar surface area (TPSA) is 84.1 Å². The largest absolute Gasteiger partial charge is 0.336 e. The number of nitrogens with zero attached hydrogens (tertiary/aromatic N) is 3. The molecule has 1 heterocycles. The number of rotatable bonds is 4. The molecule has 1 aromatic carbocycles. The van der Waals surface area contributed by atoms with Crippen LogP contribution in [0.5, 0.6) is 0 Å². The van der Waals surface area contributed by atoms with Crippen LogP contribution < -0.4 is 11.3 Å². The van der Waals surface area contributed by atoms with Gasteiger partial charge in [0.05, 0.1) is 12.4 Å². The third kappa shape index (κ3) is 3.30. The molecule has 0 saturated carbocycles. The zero-order valence-corrected chi connectivity index (χ0v) is 11.5. The second-order valence-corrected chi connectivity index (χ2v) is 4.58. The van der Waals surface area contributed by atoms with Gasteiger partial charge in [0, 0.05) is 13.6 Å². The number of hydrogen-bond acceptors (Lipinski definition) is 5. The molecule has 20 heavy (non-hydrogen) atoms. The van der Waals surface area contributed by atoms with E-state index in [4.69, 9.17) is 5.84 Å². The van der Waals surface area contributed by atoms with Gasteiger partial charge in [0.15, 0.2) is 5.82 Å². The summed E-state index contributed by atoms with van der Waals surface area (Å²) in [7, 11) is 1.74. The summed E-state index contributed by atoms with van der Waals surface area (Å²) in [5, 5.41) is 0. The van der Waals surface area contributed by atoms with Gasteiger partial charge in [0.25, 0.3) is 5.91 Å². The number of carbonyl (C=O) groups is 1. The van der Waals surface area contributed by atoms with E-state index >= 15 is 0 Å². The second kappa shape index (κ2) is 6.12. The molecular weight excluding hydrogens is 254 g/mol. The van der Waals surface area contributed by atoms with Crippen molar-refractivity contribution in [2.75, 3.05) is 12.5 Å². The van der Waals surface area contributed by atoms with E-state index in [2.05, 4.69) is 21.5 Å². The molecule has 0 aliphatic heterocycles. The van der Waals surface area contributed by atoms with Crippen LogP contribution in [0.2, 0.25) is 0 Å². The Kier molecular flexibility index (Phi) is 4.27. The van der Waals surface area contributed by atoms with Gasteiger partial charge < -0.3 is 10.3 Å². The zero-order chi connectivity index (χ0) is 14.5. The molecule has 0 bridgehead atoms. The maximum absolute atomic E-state index is 12.2. The Morgan fingerprint density at radius 3 is 2.75 bits per heavy atom. The molecular formula is C14H17N5O. The molecule has 6 heteroatoms. The highest BCUT2D eigenvalue weighted by atomic mass is 16.2. The minimum atomic E-state index is -0.178. The first-order valence-electron chi connectivity index (χ1n) is 6.20. The van der Waals surface area contributed by atoms with E-state index in [9.17, 15) is 4.79 Å². The molecule has 0 aliphatic rings. The normalized spacial score (nSPS) is 10.2. The van der Waals surface area contributed by atoms with Gasteiger partial charge in [0.1, 0.15) is 5.69 Å². The van der Waals surface area contributed by atoms with Crippen molar-refractivity contribution >= 4 is 11.7 Å². The van der Waals surface area contributed by atoms with E-state index in [-0.39, 0.29) is 5.91 Å². The Labute approximate surface area is 117 Å². The fourth-order valence-corrected chi connectivity index (χ4v) is 1.86. The van der Waals surface area contributed by atoms with Gasteiger partial charge in [0.2, 0.25) is 0 Å². The summed E-state index contributed by atoms with van der Waals surface area (Å²) < 4.78 is 0. The molecule has 1 amide bonds. The van der Waals surface area contributed by atoms with Gasteiger partial charge in [-0.3, -0.25) is 4.79 Å². The summed E-state index contributed by atoms with van der Waals surface area (Å²) in [6.45, 7) is 2.55. The lowest BCUT2D eigenvalue weighted by molar-refractivity contribution is 0.0779. The molecule has 0 fully saturated rings. The molecule has 0 spiro atoms. The average molecular weight is 271 g/mol. The molecule has 1 aromatic heterocycles. The van der Waals surface area contributed by atoms with E-state index in [1.807, 2.05) is 25.1 Å². The van der Waals surface area contributed by atoms with Gasteiger partial charge in [-0.1, -0.05) is 29.8 Å². The highest BCUT2D eigenvalue weighted by Gasteiger charge is 2.14. The molecule has 2 rings (SSSR count). The Morgan fingerprint density at radius 2 is 2.15 bits per heavy atom. The zero-order valence-electron chi connectivity index (χ0n) is 11.5. The minimum Gasteiger partial charge on any atom is -0.336 e. The molecule has 0 atom stereocenters. The summed E-state index contributed by atoms with van der Waals surface area (Å²) in [5.41, 5.74) is 4.91. The Morgan fingerprint density at radius 1 is 1.35 bits per heavy atom. The lowest BCUT2D eigenvalue weighted by Gasteiger charge is -2.17. The number of nitrogens with one attached hydrogen (secondary N) is 1. The Bertz CT molecular complexity index is 597. The molecule has 3 N–H and O–H groups in total. The molecule has 2 aromatic rings. The first kappa shape index (κ1) is 14.0. The number of carbonyl (C=O) groups excluding carboxylic acids is 1. The van der Waals surface area contributed by atoms with E-state index in [0.717, 1.165) is 5.56 Å². The quantitative estimate of drug-likeness (QED) is 0.647. The highest BCUT2D eigenvalue weighted by Crippen LogP contribution is 2.09. The van der Waals surface area contributed by atoms with Crippen molar-refractivity contribution in [2.45, 2.75) is 13.5 Å². The van der Waals surface area contributed by atoms with E-state index in [1.165, 1.54) is 18.0 Å². The van der Waals surface area contributed by atoms with Crippen molar-refractivity contribution < 1.29 is 4.79 Å². The summed E-state index contributed by atoms with van der Waals surface area (Å²) >= 11 is 0. The number of amides is 1. The highest BCUT2D eigenvalue weighted by molar-refractivity contribution is 5.91. The van der Waals surface area contributed by atoms with Crippen LogP contribution in [0, 0.1) is 6.92 Å². The molecule has 0 unspecified atom stereocenters. The third-order valence-corrected chi connectivity index (χ3v) is 2.87. The smallest absolute Gasteiger partial charge is 0.274 e. The van der Waals surface area contributed by atoms with Crippen molar-refractivity contribution in [3.63, 3.8) is 0 Å². The average Bonchev–Trinajstić information content (AvgIpc) is 2.46. The van der Waals surface area contributed by atoms with Crippen LogP contribution in [0.25, 0.3) is 0 Å². The third-order valence-electron chi connectivity index (χ3n) is 2.87. The monoisotopic (exact) mass is 271 g/mol. The van der Waals surface area contributed by atoms with Gasteiger partial charge in [-0.25, -0.2) is 15.8 Å². The number of anilines is 1. The minimum absolute atomic E-state index is 0.178. The van der Waals surface area contributed by atoms with Crippen LogP contribution >= 0.6 is 0 Å². The first-order chi connectivity index (χ1) is 9.60. The number of nitrogen functional groups attached to an aromatic ring is 1. The Balaban J connectivity index is 2.07. The fourth-order valence-electron chi connectivity index (χ4n) is 1.86. The van der Waals surface area contributed by atoms with Crippen molar-refractivity contribution in [1.29, 1.82) is 0 Å². The maximum Gasteiger partial charge on any atom is 0.274 e. The van der Waals surface area contributed by atoms with E-state index < -0.39 is 0 Å². The van der Waals surface area contributed by atoms with Crippen LogP contribution in [0.3, 0.4) is 0 Å². The predicted molar refractivity (Wildman–Crippen MR) is 76.8 cm³/mol. The summed E-state index contributed by atoms with van der Waals surface area (Å²) in [5.74, 6) is 5.45. The molecule has 0 aliphatic carbocycles. The Hall–Kier alpha value is -2.47. The molecule has 6 nitrogen and oxygen atoms in total. The van der Waals surface area contributed by atoms with Crippen molar-refractivity contribution in [2.24, 2.45) is 5.84 Å². The number of benzene rings is 1. The molecule has 0 radical (unpaired) electrons. The summed E-state index contributed by atoms with van der Waals surface area (Å²) in [6.07, 6.45) is 2.83. The standard InChI is InChI=1S/C14H17N5O/c1-10-4-3-5-11(6-10)9-19(2)14(20)12-7-17-13(18-15)8-16-12/h3-8H,9,15H2,1-2H3,(H,17,18). The van der Waals surface area contributed by atoms with Gasteiger partial charge in [-0.15, -0.1) is 0 Å². The first-order valence-corrected chi connectivity index (χ1v) is 6.20. The number of hydrazine groups is 1. The van der Waals surface area contributed by atoms with Crippen LogP contribution in [0.15, 0.2) is 36.7 Å². The fraction of sp³-hybridized carbons (Fsp3) is 0.214. The van der Waals surface area contributed by atoms with Crippen LogP contribution in [-0.4, -0.2) is 27.8 Å². The van der Waals surface area contributed by atoms with Gasteiger partial charge in [-0.2, -0.15) is 0 Å². The summed E-state index contributed by atoms with van der Waals surface area (Å²) in [6, 6.07) is 8.04. The van der Waals surface area contributed by atoms with Crippen LogP contribution in [-0.2, 0) is 6.54 Å². The number of nitrogens with two attached hydrogens (primary N) is 1. The number of aryl methyl sites for hydroxylation is 1. The molecule has 0 saturated heterocycles. The SMILES string of the molecule is Cc1cccc(CN(C)C(=O)c2cnc(NN)cn2)c1. The van der Waals surface area contributed by atoms with Crippen LogP contribution in [0.1, 0.15) is 21.6 Å². The maximum atomic E-state index is 12.2. The van der Waals surface area contributed by atoms with E-state index in [1.54, 1.807) is 11.9 Å². The lowest BCUT2D eigenvalue weighted by Crippen LogP contribution is -2.27.